The predicted octanol–water partition coefficient (Wildman–Crippen LogP) is 2.56. The number of carbonyl (C=O) groups is 1. The Morgan fingerprint density at radius 1 is 1.33 bits per heavy atom. The van der Waals surface area contributed by atoms with Crippen LogP contribution < -0.4 is 5.32 Å². The smallest absolute Gasteiger partial charge is 0.223 e. The Morgan fingerprint density at radius 3 is 2.17 bits per heavy atom. The van der Waals surface area contributed by atoms with E-state index in [1.807, 2.05) is 41.5 Å². The van der Waals surface area contributed by atoms with Gasteiger partial charge in [-0.1, -0.05) is 13.8 Å². The Hall–Kier alpha value is -0.610. The highest BCUT2D eigenvalue weighted by Crippen LogP contribution is 2.36. The second kappa shape index (κ2) is 5.17. The SMILES string of the molecule is CCC(C)C(=O)NC1CC(C)(C)N(O)C(C)(C)C1. The lowest BCUT2D eigenvalue weighted by molar-refractivity contribution is -0.246. The lowest BCUT2D eigenvalue weighted by Gasteiger charge is -2.51. The second-order valence-electron chi connectivity index (χ2n) is 6.86. The van der Waals surface area contributed by atoms with Crippen molar-refractivity contribution in [3.63, 3.8) is 0 Å². The van der Waals surface area contributed by atoms with Crippen LogP contribution in [0.1, 0.15) is 60.8 Å². The molecule has 0 spiro atoms. The van der Waals surface area contributed by atoms with E-state index >= 15 is 0 Å². The summed E-state index contributed by atoms with van der Waals surface area (Å²) >= 11 is 0. The molecule has 1 rings (SSSR count). The highest BCUT2D eigenvalue weighted by atomic mass is 16.5. The molecule has 106 valence electrons. The fourth-order valence-electron chi connectivity index (χ4n) is 2.90. The van der Waals surface area contributed by atoms with Crippen LogP contribution in [0.3, 0.4) is 0 Å². The van der Waals surface area contributed by atoms with Gasteiger partial charge in [-0.05, 0) is 47.0 Å². The van der Waals surface area contributed by atoms with Gasteiger partial charge in [0, 0.05) is 23.0 Å². The number of rotatable bonds is 3. The normalized spacial score (nSPS) is 25.7. The third kappa shape index (κ3) is 3.23. The molecule has 1 aliphatic rings. The summed E-state index contributed by atoms with van der Waals surface area (Å²) in [6.45, 7) is 12.0. The van der Waals surface area contributed by atoms with Crippen LogP contribution in [-0.4, -0.2) is 33.3 Å². The Bertz CT molecular complexity index is 295. The Labute approximate surface area is 111 Å². The molecular formula is C14H28N2O2. The first-order valence-electron chi connectivity index (χ1n) is 6.89. The van der Waals surface area contributed by atoms with Gasteiger partial charge in [-0.15, -0.1) is 0 Å². The van der Waals surface area contributed by atoms with Crippen molar-refractivity contribution < 1.29 is 10.0 Å². The van der Waals surface area contributed by atoms with Gasteiger partial charge in [0.1, 0.15) is 0 Å². The van der Waals surface area contributed by atoms with Crippen LogP contribution in [0.4, 0.5) is 0 Å². The van der Waals surface area contributed by atoms with Crippen LogP contribution in [0.5, 0.6) is 0 Å². The summed E-state index contributed by atoms with van der Waals surface area (Å²) in [6.07, 6.45) is 2.40. The minimum atomic E-state index is -0.310. The summed E-state index contributed by atoms with van der Waals surface area (Å²) in [7, 11) is 0. The van der Waals surface area contributed by atoms with E-state index in [0.29, 0.717) is 0 Å². The maximum atomic E-state index is 12.0. The summed E-state index contributed by atoms with van der Waals surface area (Å²) in [5.74, 6) is 0.184. The molecule has 0 aromatic rings. The van der Waals surface area contributed by atoms with Gasteiger partial charge in [0.15, 0.2) is 0 Å². The largest absolute Gasteiger partial charge is 0.353 e. The van der Waals surface area contributed by atoms with E-state index < -0.39 is 0 Å². The number of nitrogens with zero attached hydrogens (tertiary/aromatic N) is 1. The maximum Gasteiger partial charge on any atom is 0.223 e. The summed E-state index contributed by atoms with van der Waals surface area (Å²) in [4.78, 5) is 12.0. The molecule has 0 aliphatic carbocycles. The van der Waals surface area contributed by atoms with Crippen molar-refractivity contribution in [3.8, 4) is 0 Å². The summed E-state index contributed by atoms with van der Waals surface area (Å²) < 4.78 is 0. The molecular weight excluding hydrogens is 228 g/mol. The number of hydrogen-bond acceptors (Lipinski definition) is 3. The van der Waals surface area contributed by atoms with Crippen LogP contribution in [0.15, 0.2) is 0 Å². The van der Waals surface area contributed by atoms with Crippen LogP contribution in [0.25, 0.3) is 0 Å². The van der Waals surface area contributed by atoms with E-state index in [-0.39, 0.29) is 28.9 Å². The zero-order chi connectivity index (χ0) is 14.1. The fraction of sp³-hybridized carbons (Fsp3) is 0.929. The van der Waals surface area contributed by atoms with Crippen molar-refractivity contribution in [1.82, 2.24) is 10.4 Å². The minimum absolute atomic E-state index is 0.0587. The monoisotopic (exact) mass is 256 g/mol. The third-order valence-electron chi connectivity index (χ3n) is 4.04. The van der Waals surface area contributed by atoms with Gasteiger partial charge >= 0.3 is 0 Å². The molecule has 0 saturated carbocycles. The molecule has 18 heavy (non-hydrogen) atoms. The molecule has 0 aromatic heterocycles. The highest BCUT2D eigenvalue weighted by Gasteiger charge is 2.45. The fourth-order valence-corrected chi connectivity index (χ4v) is 2.90. The van der Waals surface area contributed by atoms with Gasteiger partial charge in [0.25, 0.3) is 0 Å². The van der Waals surface area contributed by atoms with Gasteiger partial charge < -0.3 is 10.5 Å². The molecule has 0 aromatic carbocycles. The number of hydrogen-bond donors (Lipinski definition) is 2. The molecule has 4 nitrogen and oxygen atoms in total. The number of hydroxylamine groups is 2. The van der Waals surface area contributed by atoms with E-state index in [1.54, 1.807) is 0 Å². The molecule has 0 radical (unpaired) electrons. The first-order chi connectivity index (χ1) is 8.10. The number of piperidine rings is 1. The Balaban J connectivity index is 2.72. The van der Waals surface area contributed by atoms with Gasteiger partial charge in [0.2, 0.25) is 5.91 Å². The summed E-state index contributed by atoms with van der Waals surface area (Å²) in [5.41, 5.74) is -0.621. The third-order valence-corrected chi connectivity index (χ3v) is 4.04. The standard InChI is InChI=1S/C14H28N2O2/c1-7-10(2)12(17)15-11-8-13(3,4)16(18)14(5,6)9-11/h10-11,18H,7-9H2,1-6H3,(H,15,17). The Kier molecular flexibility index (Phi) is 4.44. The Morgan fingerprint density at radius 2 is 1.78 bits per heavy atom. The lowest BCUT2D eigenvalue weighted by Crippen LogP contribution is -2.63. The highest BCUT2D eigenvalue weighted by molar-refractivity contribution is 5.78. The van der Waals surface area contributed by atoms with Crippen molar-refractivity contribution in [1.29, 1.82) is 0 Å². The number of carbonyl (C=O) groups excluding carboxylic acids is 1. The second-order valence-corrected chi connectivity index (χ2v) is 6.86. The number of amides is 1. The molecule has 1 heterocycles. The van der Waals surface area contributed by atoms with E-state index in [4.69, 9.17) is 0 Å². The average Bonchev–Trinajstić information content (AvgIpc) is 2.23. The van der Waals surface area contributed by atoms with Gasteiger partial charge in [-0.3, -0.25) is 4.79 Å². The first-order valence-corrected chi connectivity index (χ1v) is 6.89. The van der Waals surface area contributed by atoms with E-state index in [0.717, 1.165) is 19.3 Å². The quantitative estimate of drug-likeness (QED) is 0.816. The molecule has 4 heteroatoms. The van der Waals surface area contributed by atoms with E-state index in [1.165, 1.54) is 5.06 Å². The van der Waals surface area contributed by atoms with Crippen molar-refractivity contribution in [2.75, 3.05) is 0 Å². The predicted molar refractivity (Wildman–Crippen MR) is 72.4 cm³/mol. The van der Waals surface area contributed by atoms with Crippen LogP contribution in [0.2, 0.25) is 0 Å². The first kappa shape index (κ1) is 15.4. The summed E-state index contributed by atoms with van der Waals surface area (Å²) in [5, 5.41) is 14.8. The number of nitrogens with one attached hydrogen (secondary N) is 1. The molecule has 1 fully saturated rings. The molecule has 1 aliphatic heterocycles. The average molecular weight is 256 g/mol. The lowest BCUT2D eigenvalue weighted by atomic mass is 9.79. The van der Waals surface area contributed by atoms with E-state index in [9.17, 15) is 10.0 Å². The van der Waals surface area contributed by atoms with Crippen LogP contribution in [-0.2, 0) is 4.79 Å². The molecule has 1 atom stereocenters. The van der Waals surface area contributed by atoms with Crippen molar-refractivity contribution in [2.24, 2.45) is 5.92 Å². The topological polar surface area (TPSA) is 52.6 Å². The van der Waals surface area contributed by atoms with E-state index in [2.05, 4.69) is 5.32 Å². The van der Waals surface area contributed by atoms with Crippen molar-refractivity contribution in [3.05, 3.63) is 0 Å². The molecule has 1 amide bonds. The maximum absolute atomic E-state index is 12.0. The summed E-state index contributed by atoms with van der Waals surface area (Å²) in [6, 6.07) is 0.139. The zero-order valence-electron chi connectivity index (χ0n) is 12.6. The zero-order valence-corrected chi connectivity index (χ0v) is 12.6. The molecule has 1 unspecified atom stereocenters. The molecule has 0 bridgehead atoms. The van der Waals surface area contributed by atoms with Crippen LogP contribution >= 0.6 is 0 Å². The van der Waals surface area contributed by atoms with Gasteiger partial charge in [-0.25, -0.2) is 0 Å². The van der Waals surface area contributed by atoms with Crippen LogP contribution in [0, 0.1) is 5.92 Å². The van der Waals surface area contributed by atoms with Crippen molar-refractivity contribution >= 4 is 5.91 Å². The van der Waals surface area contributed by atoms with Gasteiger partial charge in [-0.2, -0.15) is 5.06 Å². The minimum Gasteiger partial charge on any atom is -0.353 e. The molecule has 2 N–H and O–H groups in total. The molecule has 1 saturated heterocycles. The van der Waals surface area contributed by atoms with Gasteiger partial charge in [0.05, 0.1) is 0 Å². The van der Waals surface area contributed by atoms with Crippen molar-refractivity contribution in [2.45, 2.75) is 77.9 Å².